The molecule has 6 unspecified atom stereocenters. The lowest BCUT2D eigenvalue weighted by Gasteiger charge is -2.33. The second-order valence-corrected chi connectivity index (χ2v) is 13.3. The maximum atomic E-state index is 5.31. The van der Waals surface area contributed by atoms with Crippen LogP contribution >= 0.6 is 0 Å². The molecule has 218 valence electrons. The highest BCUT2D eigenvalue weighted by atomic mass is 15.2. The zero-order valence-electron chi connectivity index (χ0n) is 25.2. The van der Waals surface area contributed by atoms with E-state index < -0.39 is 0 Å². The third-order valence-corrected chi connectivity index (χ3v) is 10.4. The number of nitrogens with zero attached hydrogens (tertiary/aromatic N) is 2. The van der Waals surface area contributed by atoms with E-state index >= 15 is 0 Å². The van der Waals surface area contributed by atoms with Crippen LogP contribution < -0.4 is 21.1 Å². The fraction of sp³-hybridized carbons (Fsp3) is 0.385. The Morgan fingerprint density at radius 1 is 0.744 bits per heavy atom. The quantitative estimate of drug-likeness (QED) is 0.440. The summed E-state index contributed by atoms with van der Waals surface area (Å²) in [6.45, 7) is 3.41. The Bertz CT molecular complexity index is 1730. The summed E-state index contributed by atoms with van der Waals surface area (Å²) in [5, 5.41) is 10.0. The first kappa shape index (κ1) is 26.7. The number of hydrogen-bond donors (Lipinski definition) is 2. The molecule has 6 atom stereocenters. The lowest BCUT2D eigenvalue weighted by molar-refractivity contribution is 0.334. The van der Waals surface area contributed by atoms with Gasteiger partial charge in [0.1, 0.15) is 11.7 Å². The van der Waals surface area contributed by atoms with E-state index in [-0.39, 0.29) is 12.1 Å². The van der Waals surface area contributed by atoms with Gasteiger partial charge in [0.25, 0.3) is 0 Å². The van der Waals surface area contributed by atoms with E-state index in [9.17, 15) is 0 Å². The summed E-state index contributed by atoms with van der Waals surface area (Å²) in [6, 6.07) is 15.5. The van der Waals surface area contributed by atoms with Crippen LogP contribution in [0.3, 0.4) is 0 Å². The lowest BCUT2D eigenvalue weighted by atomic mass is 9.75. The summed E-state index contributed by atoms with van der Waals surface area (Å²) in [6.07, 6.45) is 27.6. The molecule has 2 heterocycles. The molecule has 1 fully saturated rings. The Morgan fingerprint density at radius 2 is 1.53 bits per heavy atom. The van der Waals surface area contributed by atoms with E-state index in [0.29, 0.717) is 23.7 Å². The number of hydrogen-bond acceptors (Lipinski definition) is 4. The summed E-state index contributed by atoms with van der Waals surface area (Å²) in [5.74, 6) is 4.19. The van der Waals surface area contributed by atoms with Gasteiger partial charge in [0.2, 0.25) is 0 Å². The van der Waals surface area contributed by atoms with Crippen LogP contribution in [0.1, 0.15) is 62.5 Å². The van der Waals surface area contributed by atoms with Crippen molar-refractivity contribution in [2.75, 3.05) is 11.9 Å². The van der Waals surface area contributed by atoms with Crippen molar-refractivity contribution in [1.82, 2.24) is 5.32 Å². The molecule has 2 N–H and O–H groups in total. The third-order valence-electron chi connectivity index (χ3n) is 10.4. The number of para-hydroxylation sites is 1. The maximum absolute atomic E-state index is 5.31. The number of aryl methyl sites for hydroxylation is 1. The Hall–Kier alpha value is -3.92. The van der Waals surface area contributed by atoms with Crippen molar-refractivity contribution in [3.8, 4) is 0 Å². The van der Waals surface area contributed by atoms with Gasteiger partial charge in [-0.25, -0.2) is 9.98 Å². The first-order chi connectivity index (χ1) is 21.2. The predicted octanol–water partition coefficient (Wildman–Crippen LogP) is 6.57. The van der Waals surface area contributed by atoms with Gasteiger partial charge < -0.3 is 10.6 Å². The molecule has 0 spiro atoms. The molecule has 0 radical (unpaired) electrons. The van der Waals surface area contributed by atoms with E-state index in [2.05, 4.69) is 109 Å². The first-order valence-electron chi connectivity index (χ1n) is 16.6. The molecule has 6 aliphatic rings. The minimum atomic E-state index is -0.151. The van der Waals surface area contributed by atoms with Crippen molar-refractivity contribution in [2.24, 2.45) is 33.7 Å². The fourth-order valence-corrected chi connectivity index (χ4v) is 8.06. The molecule has 2 aromatic rings. The van der Waals surface area contributed by atoms with Crippen LogP contribution in [-0.2, 0) is 6.42 Å². The van der Waals surface area contributed by atoms with Crippen molar-refractivity contribution < 1.29 is 0 Å². The molecule has 0 aromatic heterocycles. The molecule has 0 amide bonds. The number of aliphatic imine (C=N–C) groups is 2. The fourth-order valence-electron chi connectivity index (χ4n) is 8.06. The highest BCUT2D eigenvalue weighted by Crippen LogP contribution is 2.40. The van der Waals surface area contributed by atoms with Crippen molar-refractivity contribution in [3.05, 3.63) is 112 Å². The number of benzene rings is 2. The highest BCUT2D eigenvalue weighted by Gasteiger charge is 2.31. The molecular formula is C39H42N4. The van der Waals surface area contributed by atoms with Crippen LogP contribution in [0, 0.1) is 23.7 Å². The van der Waals surface area contributed by atoms with Gasteiger partial charge in [-0.2, -0.15) is 0 Å². The second kappa shape index (κ2) is 11.3. The first-order valence-corrected chi connectivity index (χ1v) is 16.6. The smallest absolute Gasteiger partial charge is 0.150 e. The Morgan fingerprint density at radius 3 is 2.40 bits per heavy atom. The minimum absolute atomic E-state index is 0.151. The molecule has 4 heteroatoms. The van der Waals surface area contributed by atoms with Gasteiger partial charge in [0, 0.05) is 35.2 Å². The SMILES string of the molecule is CC1C=C(C2=NC(C3C=c4ccccc4=CC3)N=C(C3=CC4CCCCC4C=C3)N2)C=CC1c1cccc2c1NCCC2. The number of amidine groups is 2. The molecule has 2 aromatic carbocycles. The van der Waals surface area contributed by atoms with E-state index in [0.717, 1.165) is 31.1 Å². The lowest BCUT2D eigenvalue weighted by Crippen LogP contribution is -2.41. The molecule has 1 saturated carbocycles. The molecule has 0 bridgehead atoms. The van der Waals surface area contributed by atoms with Gasteiger partial charge in [-0.15, -0.1) is 0 Å². The number of rotatable bonds is 4. The van der Waals surface area contributed by atoms with Crippen molar-refractivity contribution in [3.63, 3.8) is 0 Å². The Labute approximate surface area is 255 Å². The van der Waals surface area contributed by atoms with Crippen LogP contribution in [0.4, 0.5) is 5.69 Å². The third kappa shape index (κ3) is 5.15. The van der Waals surface area contributed by atoms with Crippen molar-refractivity contribution in [1.29, 1.82) is 0 Å². The van der Waals surface area contributed by atoms with Gasteiger partial charge in [-0.3, -0.25) is 0 Å². The monoisotopic (exact) mass is 566 g/mol. The molecule has 4 nitrogen and oxygen atoms in total. The predicted molar refractivity (Wildman–Crippen MR) is 180 cm³/mol. The summed E-state index contributed by atoms with van der Waals surface area (Å²) in [5.41, 5.74) is 6.64. The maximum Gasteiger partial charge on any atom is 0.150 e. The van der Waals surface area contributed by atoms with Gasteiger partial charge in [-0.1, -0.05) is 111 Å². The standard InChI is InChI=1S/C39H42N4/c1-25-22-31(19-20-34(25)35-14-6-12-28-13-7-21-40-36(28)35)37-41-38(32-17-15-26-8-2-4-10-29(26)23-32)43-39(42-37)33-18-16-27-9-3-5-11-30(27)24-33/h2,4,6,8,10,12,14-16,18-20,22-25,27,30,32,34,38,40H,3,5,7,9,11,13,17,21H2,1H3,(H,41,42,43). The van der Waals surface area contributed by atoms with Crippen LogP contribution in [0.25, 0.3) is 12.2 Å². The van der Waals surface area contributed by atoms with Crippen molar-refractivity contribution >= 4 is 29.5 Å². The van der Waals surface area contributed by atoms with Crippen LogP contribution in [0.2, 0.25) is 0 Å². The van der Waals surface area contributed by atoms with E-state index in [1.165, 1.54) is 70.5 Å². The number of nitrogens with one attached hydrogen (secondary N) is 2. The second-order valence-electron chi connectivity index (χ2n) is 13.3. The largest absolute Gasteiger partial charge is 0.385 e. The molecular weight excluding hydrogens is 524 g/mol. The molecule has 8 rings (SSSR count). The normalized spacial score (nSPS) is 30.8. The number of allylic oxidation sites excluding steroid dienone is 4. The number of anilines is 1. The topological polar surface area (TPSA) is 48.8 Å². The summed E-state index contributed by atoms with van der Waals surface area (Å²) < 4.78 is 0. The van der Waals surface area contributed by atoms with Gasteiger partial charge in [-0.05, 0) is 71.4 Å². The van der Waals surface area contributed by atoms with Crippen LogP contribution in [0.15, 0.2) is 100 Å². The Balaban J connectivity index is 1.12. The Kier molecular flexibility index (Phi) is 7.01. The summed E-state index contributed by atoms with van der Waals surface area (Å²) in [7, 11) is 0. The van der Waals surface area contributed by atoms with E-state index in [4.69, 9.17) is 9.98 Å². The highest BCUT2D eigenvalue weighted by molar-refractivity contribution is 6.17. The molecule has 2 aliphatic heterocycles. The average molecular weight is 567 g/mol. The number of fused-ring (bicyclic) bond motifs is 3. The van der Waals surface area contributed by atoms with Gasteiger partial charge in [0.05, 0.1) is 0 Å². The minimum Gasteiger partial charge on any atom is -0.385 e. The molecule has 4 aliphatic carbocycles. The summed E-state index contributed by atoms with van der Waals surface area (Å²) >= 11 is 0. The van der Waals surface area contributed by atoms with Gasteiger partial charge >= 0.3 is 0 Å². The van der Waals surface area contributed by atoms with Crippen molar-refractivity contribution in [2.45, 2.75) is 64.0 Å². The van der Waals surface area contributed by atoms with Gasteiger partial charge in [0.15, 0.2) is 6.17 Å². The molecule has 43 heavy (non-hydrogen) atoms. The van der Waals surface area contributed by atoms with Crippen LogP contribution in [-0.4, -0.2) is 24.4 Å². The molecule has 0 saturated heterocycles. The van der Waals surface area contributed by atoms with Crippen LogP contribution in [0.5, 0.6) is 0 Å². The average Bonchev–Trinajstić information content (AvgIpc) is 3.07. The van der Waals surface area contributed by atoms with E-state index in [1.54, 1.807) is 0 Å². The zero-order valence-corrected chi connectivity index (χ0v) is 25.2. The summed E-state index contributed by atoms with van der Waals surface area (Å²) in [4.78, 5) is 10.6. The van der Waals surface area contributed by atoms with E-state index in [1.807, 2.05) is 0 Å². The zero-order chi connectivity index (χ0) is 28.8.